The van der Waals surface area contributed by atoms with Crippen molar-refractivity contribution in [2.45, 2.75) is 45.3 Å². The fourth-order valence-corrected chi connectivity index (χ4v) is 6.16. The lowest BCUT2D eigenvalue weighted by atomic mass is 9.78. The van der Waals surface area contributed by atoms with Crippen molar-refractivity contribution < 1.29 is 9.59 Å². The first-order chi connectivity index (χ1) is 16.4. The summed E-state index contributed by atoms with van der Waals surface area (Å²) in [4.78, 5) is 26.5. The van der Waals surface area contributed by atoms with E-state index in [-0.39, 0.29) is 17.2 Å². The number of hydrogen-bond acceptors (Lipinski definition) is 3. The molecule has 0 fully saturated rings. The molecule has 3 aliphatic rings. The largest absolute Gasteiger partial charge is 0.347 e. The molecule has 6 nitrogen and oxygen atoms in total. The Hall–Kier alpha value is -3.64. The predicted molar refractivity (Wildman–Crippen MR) is 133 cm³/mol. The SMILES string of the molecule is CC1(C)CCn2cc(C3=C(c4ccc5c6c4ccn6CCNC5)C(=O)NC3=O)c3cccc1c32. The van der Waals surface area contributed by atoms with Gasteiger partial charge in [0.2, 0.25) is 0 Å². The number of amides is 2. The molecule has 5 heterocycles. The average Bonchev–Trinajstić information content (AvgIpc) is 3.43. The molecule has 2 amide bonds. The van der Waals surface area contributed by atoms with Crippen molar-refractivity contribution in [2.75, 3.05) is 6.54 Å². The van der Waals surface area contributed by atoms with Crippen LogP contribution in [0.15, 0.2) is 48.8 Å². The van der Waals surface area contributed by atoms with E-state index in [1.165, 1.54) is 16.6 Å². The van der Waals surface area contributed by atoms with E-state index in [0.29, 0.717) is 11.1 Å². The maximum atomic E-state index is 13.3. The topological polar surface area (TPSA) is 68.1 Å². The van der Waals surface area contributed by atoms with Crippen molar-refractivity contribution in [1.29, 1.82) is 0 Å². The number of hydrogen-bond donors (Lipinski definition) is 2. The molecule has 0 aliphatic carbocycles. The van der Waals surface area contributed by atoms with Crippen molar-refractivity contribution >= 4 is 44.8 Å². The summed E-state index contributed by atoms with van der Waals surface area (Å²) < 4.78 is 4.50. The third-order valence-corrected chi connectivity index (χ3v) is 7.93. The highest BCUT2D eigenvalue weighted by Crippen LogP contribution is 2.44. The van der Waals surface area contributed by atoms with Gasteiger partial charge in [0, 0.05) is 54.9 Å². The normalized spacial score (nSPS) is 19.2. The van der Waals surface area contributed by atoms with Crippen LogP contribution in [0.2, 0.25) is 0 Å². The number of carbonyl (C=O) groups excluding carboxylic acids is 2. The Kier molecular flexibility index (Phi) is 3.90. The van der Waals surface area contributed by atoms with E-state index in [0.717, 1.165) is 60.0 Å². The van der Waals surface area contributed by atoms with Gasteiger partial charge < -0.3 is 14.5 Å². The molecule has 34 heavy (non-hydrogen) atoms. The summed E-state index contributed by atoms with van der Waals surface area (Å²) in [6.07, 6.45) is 5.20. The van der Waals surface area contributed by atoms with Crippen molar-refractivity contribution in [2.24, 2.45) is 0 Å². The minimum Gasteiger partial charge on any atom is -0.347 e. The Morgan fingerprint density at radius 3 is 2.50 bits per heavy atom. The highest BCUT2D eigenvalue weighted by Gasteiger charge is 2.37. The zero-order valence-corrected chi connectivity index (χ0v) is 19.4. The number of para-hydroxylation sites is 1. The van der Waals surface area contributed by atoms with Crippen LogP contribution in [-0.2, 0) is 34.6 Å². The Labute approximate surface area is 197 Å². The number of carbonyl (C=O) groups is 2. The molecular formula is C28H26N4O2. The Bertz CT molecular complexity index is 1600. The number of benzene rings is 2. The Morgan fingerprint density at radius 2 is 1.65 bits per heavy atom. The number of nitrogens with one attached hydrogen (secondary N) is 2. The van der Waals surface area contributed by atoms with Gasteiger partial charge in [-0.15, -0.1) is 0 Å². The zero-order valence-electron chi connectivity index (χ0n) is 19.4. The molecule has 2 N–H and O–H groups in total. The summed E-state index contributed by atoms with van der Waals surface area (Å²) in [6, 6.07) is 12.5. The first kappa shape index (κ1) is 19.8. The lowest BCUT2D eigenvalue weighted by molar-refractivity contribution is -0.122. The number of rotatable bonds is 2. The fourth-order valence-electron chi connectivity index (χ4n) is 6.16. The molecular weight excluding hydrogens is 424 g/mol. The quantitative estimate of drug-likeness (QED) is 0.455. The number of aryl methyl sites for hydroxylation is 1. The van der Waals surface area contributed by atoms with Gasteiger partial charge >= 0.3 is 0 Å². The average molecular weight is 451 g/mol. The van der Waals surface area contributed by atoms with Gasteiger partial charge in [0.1, 0.15) is 0 Å². The van der Waals surface area contributed by atoms with Crippen molar-refractivity contribution in [3.05, 3.63) is 71.0 Å². The van der Waals surface area contributed by atoms with Gasteiger partial charge in [0.05, 0.1) is 22.2 Å². The van der Waals surface area contributed by atoms with E-state index in [4.69, 9.17) is 0 Å². The lowest BCUT2D eigenvalue weighted by Gasteiger charge is -2.31. The minimum absolute atomic E-state index is 0.0707. The number of imide groups is 1. The van der Waals surface area contributed by atoms with E-state index < -0.39 is 0 Å². The highest BCUT2D eigenvalue weighted by atomic mass is 16.2. The van der Waals surface area contributed by atoms with Crippen LogP contribution in [0.25, 0.3) is 33.0 Å². The van der Waals surface area contributed by atoms with E-state index in [9.17, 15) is 9.59 Å². The molecule has 0 atom stereocenters. The molecule has 0 saturated carbocycles. The molecule has 0 radical (unpaired) electrons. The molecule has 170 valence electrons. The number of nitrogens with zero attached hydrogens (tertiary/aromatic N) is 2. The third kappa shape index (κ3) is 2.54. The first-order valence-electron chi connectivity index (χ1n) is 12.0. The van der Waals surface area contributed by atoms with Crippen LogP contribution in [0.5, 0.6) is 0 Å². The molecule has 0 unspecified atom stereocenters. The van der Waals surface area contributed by atoms with Crippen LogP contribution >= 0.6 is 0 Å². The van der Waals surface area contributed by atoms with Crippen LogP contribution in [0.3, 0.4) is 0 Å². The summed E-state index contributed by atoms with van der Waals surface area (Å²) in [7, 11) is 0. The summed E-state index contributed by atoms with van der Waals surface area (Å²) in [5, 5.41) is 8.12. The van der Waals surface area contributed by atoms with Crippen molar-refractivity contribution in [3.63, 3.8) is 0 Å². The van der Waals surface area contributed by atoms with Crippen LogP contribution in [0, 0.1) is 0 Å². The van der Waals surface area contributed by atoms with Gasteiger partial charge in [0.25, 0.3) is 11.8 Å². The van der Waals surface area contributed by atoms with E-state index in [1.807, 2.05) is 6.07 Å². The maximum Gasteiger partial charge on any atom is 0.259 e. The maximum absolute atomic E-state index is 13.3. The standard InChI is InChI=1S/C28H26N4O2/c1-28(2)9-12-32-15-20(18-4-3-5-21(28)25(18)32)23-22(26(33)30-27(23)34)17-7-6-16-14-29-10-13-31-11-8-19(17)24(16)31/h3-8,11,15,29H,9-10,12-14H2,1-2H3,(H,30,33,34). The summed E-state index contributed by atoms with van der Waals surface area (Å²) in [5.74, 6) is -0.632. The van der Waals surface area contributed by atoms with Crippen LogP contribution in [0.1, 0.15) is 42.5 Å². The molecule has 2 aromatic carbocycles. The second-order valence-corrected chi connectivity index (χ2v) is 10.3. The molecule has 0 saturated heterocycles. The zero-order chi connectivity index (χ0) is 23.2. The molecule has 0 spiro atoms. The second kappa shape index (κ2) is 6.70. The third-order valence-electron chi connectivity index (χ3n) is 7.93. The van der Waals surface area contributed by atoms with Gasteiger partial charge in [-0.3, -0.25) is 14.9 Å². The van der Waals surface area contributed by atoms with E-state index >= 15 is 0 Å². The molecule has 6 heteroatoms. The molecule has 4 aromatic rings. The highest BCUT2D eigenvalue weighted by molar-refractivity contribution is 6.50. The predicted octanol–water partition coefficient (Wildman–Crippen LogP) is 3.95. The van der Waals surface area contributed by atoms with Crippen LogP contribution < -0.4 is 10.6 Å². The molecule has 3 aliphatic heterocycles. The fraction of sp³-hybridized carbons (Fsp3) is 0.286. The molecule has 7 rings (SSSR count). The van der Waals surface area contributed by atoms with Crippen molar-refractivity contribution in [3.8, 4) is 0 Å². The van der Waals surface area contributed by atoms with Crippen LogP contribution in [0.4, 0.5) is 0 Å². The van der Waals surface area contributed by atoms with Gasteiger partial charge in [0.15, 0.2) is 0 Å². The van der Waals surface area contributed by atoms with Gasteiger partial charge in [-0.25, -0.2) is 0 Å². The summed E-state index contributed by atoms with van der Waals surface area (Å²) >= 11 is 0. The second-order valence-electron chi connectivity index (χ2n) is 10.3. The van der Waals surface area contributed by atoms with Gasteiger partial charge in [-0.2, -0.15) is 0 Å². The summed E-state index contributed by atoms with van der Waals surface area (Å²) in [6.45, 7) is 8.02. The lowest BCUT2D eigenvalue weighted by Crippen LogP contribution is -2.25. The first-order valence-corrected chi connectivity index (χ1v) is 12.0. The smallest absolute Gasteiger partial charge is 0.259 e. The Balaban J connectivity index is 1.53. The Morgan fingerprint density at radius 1 is 0.853 bits per heavy atom. The summed E-state index contributed by atoms with van der Waals surface area (Å²) in [5.41, 5.74) is 7.53. The van der Waals surface area contributed by atoms with E-state index in [1.54, 1.807) is 0 Å². The van der Waals surface area contributed by atoms with Crippen molar-refractivity contribution in [1.82, 2.24) is 19.8 Å². The molecule has 2 aromatic heterocycles. The van der Waals surface area contributed by atoms with Gasteiger partial charge in [-0.05, 0) is 34.6 Å². The number of aromatic nitrogens is 2. The monoisotopic (exact) mass is 450 g/mol. The van der Waals surface area contributed by atoms with Gasteiger partial charge in [-0.1, -0.05) is 44.2 Å². The van der Waals surface area contributed by atoms with Crippen LogP contribution in [-0.4, -0.2) is 27.5 Å². The minimum atomic E-state index is -0.318. The van der Waals surface area contributed by atoms with E-state index in [2.05, 4.69) is 76.3 Å². The molecule has 0 bridgehead atoms.